The van der Waals surface area contributed by atoms with E-state index >= 15 is 0 Å². The minimum atomic E-state index is 0.0528. The van der Waals surface area contributed by atoms with Gasteiger partial charge in [0.15, 0.2) is 5.82 Å². The Bertz CT molecular complexity index is 719. The molecule has 6 heteroatoms. The van der Waals surface area contributed by atoms with Crippen molar-refractivity contribution in [3.05, 3.63) is 33.4 Å². The zero-order valence-electron chi connectivity index (χ0n) is 15.6. The number of thiazole rings is 1. The molecule has 0 bridgehead atoms. The summed E-state index contributed by atoms with van der Waals surface area (Å²) in [5, 5.41) is 10.1. The molecule has 2 aliphatic rings. The van der Waals surface area contributed by atoms with Crippen molar-refractivity contribution in [2.75, 3.05) is 25.0 Å². The zero-order valence-corrected chi connectivity index (χ0v) is 16.4. The molecule has 2 aromatic heterocycles. The highest BCUT2D eigenvalue weighted by atomic mass is 32.1. The second-order valence-electron chi connectivity index (χ2n) is 8.33. The molecule has 0 spiro atoms. The molecule has 5 nitrogen and oxygen atoms in total. The van der Waals surface area contributed by atoms with Crippen LogP contribution >= 0.6 is 11.3 Å². The van der Waals surface area contributed by atoms with Crippen molar-refractivity contribution in [2.24, 2.45) is 0 Å². The van der Waals surface area contributed by atoms with Gasteiger partial charge in [-0.1, -0.05) is 20.8 Å². The van der Waals surface area contributed by atoms with Gasteiger partial charge in [-0.05, 0) is 38.4 Å². The Kier molecular flexibility index (Phi) is 4.28. The van der Waals surface area contributed by atoms with Crippen molar-refractivity contribution in [3.63, 3.8) is 0 Å². The van der Waals surface area contributed by atoms with Gasteiger partial charge in [-0.15, -0.1) is 16.4 Å². The number of hydrogen-bond donors (Lipinski definition) is 0. The number of nitrogens with zero attached hydrogens (tertiary/aromatic N) is 5. The molecular weight excluding hydrogens is 330 g/mol. The first kappa shape index (κ1) is 16.9. The van der Waals surface area contributed by atoms with Crippen LogP contribution in [0.25, 0.3) is 0 Å². The van der Waals surface area contributed by atoms with Gasteiger partial charge >= 0.3 is 0 Å². The van der Waals surface area contributed by atoms with Crippen LogP contribution in [0.1, 0.15) is 48.5 Å². The summed E-state index contributed by atoms with van der Waals surface area (Å²) in [7, 11) is 2.21. The van der Waals surface area contributed by atoms with Crippen molar-refractivity contribution in [1.82, 2.24) is 20.1 Å². The lowest BCUT2D eigenvalue weighted by atomic mass is 9.92. The second-order valence-corrected chi connectivity index (χ2v) is 9.50. The number of hydrogen-bond acceptors (Lipinski definition) is 6. The van der Waals surface area contributed by atoms with Gasteiger partial charge in [0, 0.05) is 29.4 Å². The first-order valence-corrected chi connectivity index (χ1v) is 9.98. The standard InChI is InChI=1S/C19H27N5S/c1-19(2,3)16-8-9-17(22-21-16)24-10-13(11-24)23(4)12-18-20-14-6-5-7-15(14)25-18/h8-9,13H,5-7,10-12H2,1-4H3. The van der Waals surface area contributed by atoms with E-state index in [1.165, 1.54) is 34.8 Å². The van der Waals surface area contributed by atoms with Crippen LogP contribution in [0.2, 0.25) is 0 Å². The average molecular weight is 358 g/mol. The minimum absolute atomic E-state index is 0.0528. The molecule has 1 aliphatic carbocycles. The van der Waals surface area contributed by atoms with Crippen LogP contribution in [0.5, 0.6) is 0 Å². The number of anilines is 1. The fraction of sp³-hybridized carbons (Fsp3) is 0.632. The molecule has 0 amide bonds. The molecule has 4 rings (SSSR count). The molecule has 0 N–H and O–H groups in total. The minimum Gasteiger partial charge on any atom is -0.352 e. The van der Waals surface area contributed by atoms with Gasteiger partial charge in [0.25, 0.3) is 0 Å². The van der Waals surface area contributed by atoms with Gasteiger partial charge in [0.05, 0.1) is 17.9 Å². The highest BCUT2D eigenvalue weighted by Crippen LogP contribution is 2.29. The maximum Gasteiger partial charge on any atom is 0.151 e. The Morgan fingerprint density at radius 3 is 2.64 bits per heavy atom. The van der Waals surface area contributed by atoms with E-state index in [0.29, 0.717) is 6.04 Å². The number of likely N-dealkylation sites (N-methyl/N-ethyl adjacent to an activating group) is 1. The van der Waals surface area contributed by atoms with Crippen molar-refractivity contribution in [2.45, 2.75) is 58.0 Å². The fourth-order valence-corrected chi connectivity index (χ4v) is 4.69. The Labute approximate surface area is 154 Å². The third-order valence-electron chi connectivity index (χ3n) is 5.25. The normalized spacial score (nSPS) is 17.9. The lowest BCUT2D eigenvalue weighted by Crippen LogP contribution is -2.58. The molecular formula is C19H27N5S. The molecule has 0 atom stereocenters. The summed E-state index contributed by atoms with van der Waals surface area (Å²) in [5.41, 5.74) is 2.46. The summed E-state index contributed by atoms with van der Waals surface area (Å²) < 4.78 is 0. The van der Waals surface area contributed by atoms with E-state index in [2.05, 4.69) is 59.9 Å². The van der Waals surface area contributed by atoms with Crippen molar-refractivity contribution in [3.8, 4) is 0 Å². The van der Waals surface area contributed by atoms with Crippen LogP contribution in [-0.4, -0.2) is 46.3 Å². The quantitative estimate of drug-likeness (QED) is 0.842. The molecule has 1 saturated heterocycles. The molecule has 0 unspecified atom stereocenters. The molecule has 0 saturated carbocycles. The lowest BCUT2D eigenvalue weighted by molar-refractivity contribution is 0.196. The third-order valence-corrected chi connectivity index (χ3v) is 6.40. The number of aromatic nitrogens is 3. The molecule has 1 aliphatic heterocycles. The van der Waals surface area contributed by atoms with Gasteiger partial charge in [-0.3, -0.25) is 4.90 Å². The Balaban J connectivity index is 1.32. The Morgan fingerprint density at radius 2 is 2.00 bits per heavy atom. The fourth-order valence-electron chi connectivity index (χ4n) is 3.47. The van der Waals surface area contributed by atoms with E-state index in [0.717, 1.165) is 31.1 Å². The number of fused-ring (bicyclic) bond motifs is 1. The average Bonchev–Trinajstić information content (AvgIpc) is 3.06. The molecule has 25 heavy (non-hydrogen) atoms. The topological polar surface area (TPSA) is 45.2 Å². The molecule has 0 radical (unpaired) electrons. The predicted octanol–water partition coefficient (Wildman–Crippen LogP) is 3.04. The van der Waals surface area contributed by atoms with Gasteiger partial charge in [-0.25, -0.2) is 4.98 Å². The molecule has 134 valence electrons. The number of aryl methyl sites for hydroxylation is 2. The Hall–Kier alpha value is -1.53. The SMILES string of the molecule is CN(Cc1nc2c(s1)CCC2)C1CN(c2ccc(C(C)(C)C)nn2)C1. The maximum atomic E-state index is 4.82. The van der Waals surface area contributed by atoms with Gasteiger partial charge in [-0.2, -0.15) is 5.10 Å². The van der Waals surface area contributed by atoms with Gasteiger partial charge < -0.3 is 4.90 Å². The molecule has 0 aromatic carbocycles. The lowest BCUT2D eigenvalue weighted by Gasteiger charge is -2.44. The summed E-state index contributed by atoms with van der Waals surface area (Å²) in [6.07, 6.45) is 3.70. The summed E-state index contributed by atoms with van der Waals surface area (Å²) in [6.45, 7) is 9.50. The van der Waals surface area contributed by atoms with E-state index in [9.17, 15) is 0 Å². The second kappa shape index (κ2) is 6.32. The van der Waals surface area contributed by atoms with Crippen molar-refractivity contribution < 1.29 is 0 Å². The van der Waals surface area contributed by atoms with E-state index in [1.54, 1.807) is 0 Å². The van der Waals surface area contributed by atoms with Crippen LogP contribution in [0.3, 0.4) is 0 Å². The summed E-state index contributed by atoms with van der Waals surface area (Å²) >= 11 is 1.91. The maximum absolute atomic E-state index is 4.82. The van der Waals surface area contributed by atoms with E-state index in [4.69, 9.17) is 4.98 Å². The first-order valence-electron chi connectivity index (χ1n) is 9.17. The smallest absolute Gasteiger partial charge is 0.151 e. The molecule has 1 fully saturated rings. The Morgan fingerprint density at radius 1 is 1.20 bits per heavy atom. The van der Waals surface area contributed by atoms with Crippen LogP contribution in [0.4, 0.5) is 5.82 Å². The summed E-state index contributed by atoms with van der Waals surface area (Å²) in [4.78, 5) is 11.1. The van der Waals surface area contributed by atoms with Gasteiger partial charge in [0.1, 0.15) is 5.01 Å². The van der Waals surface area contributed by atoms with Crippen LogP contribution in [0, 0.1) is 0 Å². The van der Waals surface area contributed by atoms with Crippen LogP contribution < -0.4 is 4.90 Å². The third kappa shape index (κ3) is 3.42. The van der Waals surface area contributed by atoms with Crippen molar-refractivity contribution >= 4 is 17.2 Å². The molecule has 3 heterocycles. The highest BCUT2D eigenvalue weighted by molar-refractivity contribution is 7.11. The van der Waals surface area contributed by atoms with E-state index in [1.807, 2.05) is 11.3 Å². The highest BCUT2D eigenvalue weighted by Gasteiger charge is 2.32. The zero-order chi connectivity index (χ0) is 17.6. The van der Waals surface area contributed by atoms with Gasteiger partial charge in [0.2, 0.25) is 0 Å². The van der Waals surface area contributed by atoms with Crippen LogP contribution in [0.15, 0.2) is 12.1 Å². The van der Waals surface area contributed by atoms with Crippen molar-refractivity contribution in [1.29, 1.82) is 0 Å². The summed E-state index contributed by atoms with van der Waals surface area (Å²) in [5.74, 6) is 0.992. The number of rotatable bonds is 4. The van der Waals surface area contributed by atoms with E-state index < -0.39 is 0 Å². The molecule has 2 aromatic rings. The predicted molar refractivity (Wildman–Crippen MR) is 102 cm³/mol. The summed E-state index contributed by atoms with van der Waals surface area (Å²) in [6, 6.07) is 4.79. The first-order chi connectivity index (χ1) is 11.9. The van der Waals surface area contributed by atoms with E-state index in [-0.39, 0.29) is 5.41 Å². The van der Waals surface area contributed by atoms with Crippen LogP contribution in [-0.2, 0) is 24.8 Å². The largest absolute Gasteiger partial charge is 0.352 e. The monoisotopic (exact) mass is 357 g/mol.